The van der Waals surface area contributed by atoms with Crippen molar-refractivity contribution in [3.63, 3.8) is 0 Å². The molecule has 6 heteroatoms. The van der Waals surface area contributed by atoms with Gasteiger partial charge in [-0.2, -0.15) is 4.31 Å². The van der Waals surface area contributed by atoms with Crippen LogP contribution in [0, 0.1) is 5.92 Å². The third-order valence-corrected chi connectivity index (χ3v) is 5.88. The van der Waals surface area contributed by atoms with E-state index in [2.05, 4.69) is 6.92 Å². The largest absolute Gasteiger partial charge is 0.495 e. The first kappa shape index (κ1) is 16.3. The number of aliphatic hydroxyl groups excluding tert-OH is 1. The van der Waals surface area contributed by atoms with Crippen LogP contribution in [-0.4, -0.2) is 38.0 Å². The van der Waals surface area contributed by atoms with Gasteiger partial charge in [0.15, 0.2) is 0 Å². The molecule has 0 amide bonds. The normalized spacial score (nSPS) is 19.9. The summed E-state index contributed by atoms with van der Waals surface area (Å²) in [5.74, 6) is 0.743. The zero-order chi connectivity index (χ0) is 15.5. The molecule has 1 aromatic rings. The van der Waals surface area contributed by atoms with Crippen LogP contribution in [0.15, 0.2) is 23.1 Å². The lowest BCUT2D eigenvalue weighted by atomic mass is 10.0. The molecule has 1 aliphatic heterocycles. The summed E-state index contributed by atoms with van der Waals surface area (Å²) in [7, 11) is -2.09. The van der Waals surface area contributed by atoms with E-state index in [1.807, 2.05) is 0 Å². The highest BCUT2D eigenvalue weighted by atomic mass is 32.2. The van der Waals surface area contributed by atoms with Gasteiger partial charge in [-0.05, 0) is 36.5 Å². The summed E-state index contributed by atoms with van der Waals surface area (Å²) in [6.45, 7) is 3.13. The molecule has 0 aromatic heterocycles. The number of methoxy groups -OCH3 is 1. The molecule has 1 fully saturated rings. The third-order valence-electron chi connectivity index (χ3n) is 3.97. The van der Waals surface area contributed by atoms with Crippen molar-refractivity contribution in [2.24, 2.45) is 5.92 Å². The quantitative estimate of drug-likeness (QED) is 0.872. The maximum atomic E-state index is 12.7. The predicted molar refractivity (Wildman–Crippen MR) is 80.7 cm³/mol. The van der Waals surface area contributed by atoms with E-state index < -0.39 is 10.0 Å². The van der Waals surface area contributed by atoms with Crippen molar-refractivity contribution in [1.82, 2.24) is 4.31 Å². The van der Waals surface area contributed by atoms with Gasteiger partial charge in [0.2, 0.25) is 10.0 Å². The van der Waals surface area contributed by atoms with Gasteiger partial charge in [-0.25, -0.2) is 8.42 Å². The van der Waals surface area contributed by atoms with Crippen molar-refractivity contribution in [3.05, 3.63) is 23.8 Å². The minimum absolute atomic E-state index is 0.140. The molecule has 0 saturated carbocycles. The minimum atomic E-state index is -3.53. The Morgan fingerprint density at radius 3 is 2.81 bits per heavy atom. The van der Waals surface area contributed by atoms with Gasteiger partial charge < -0.3 is 9.84 Å². The fourth-order valence-electron chi connectivity index (χ4n) is 2.82. The van der Waals surface area contributed by atoms with Crippen LogP contribution in [-0.2, 0) is 16.6 Å². The number of hydrogen-bond acceptors (Lipinski definition) is 4. The molecule has 21 heavy (non-hydrogen) atoms. The lowest BCUT2D eigenvalue weighted by Crippen LogP contribution is -2.29. The summed E-state index contributed by atoms with van der Waals surface area (Å²) < 4.78 is 32.2. The summed E-state index contributed by atoms with van der Waals surface area (Å²) in [6, 6.07) is 4.72. The molecule has 2 rings (SSSR count). The smallest absolute Gasteiger partial charge is 0.246 e. The Hall–Kier alpha value is -1.11. The first-order chi connectivity index (χ1) is 10.0. The maximum Gasteiger partial charge on any atom is 0.246 e. The van der Waals surface area contributed by atoms with E-state index in [1.165, 1.54) is 13.2 Å². The number of rotatable bonds is 6. The topological polar surface area (TPSA) is 66.8 Å². The monoisotopic (exact) mass is 313 g/mol. The van der Waals surface area contributed by atoms with E-state index in [0.29, 0.717) is 30.3 Å². The fourth-order valence-corrected chi connectivity index (χ4v) is 4.49. The van der Waals surface area contributed by atoms with Crippen molar-refractivity contribution in [2.45, 2.75) is 37.7 Å². The van der Waals surface area contributed by atoms with Gasteiger partial charge in [0, 0.05) is 13.1 Å². The van der Waals surface area contributed by atoms with E-state index in [-0.39, 0.29) is 11.5 Å². The second-order valence-electron chi connectivity index (χ2n) is 5.45. The van der Waals surface area contributed by atoms with Crippen molar-refractivity contribution in [3.8, 4) is 5.75 Å². The van der Waals surface area contributed by atoms with Crippen LogP contribution in [0.3, 0.4) is 0 Å². The molecule has 1 atom stereocenters. The SMILES string of the molecule is CCCC1CCN(S(=O)(=O)c2ccc(CO)cc2OC)C1. The minimum Gasteiger partial charge on any atom is -0.495 e. The summed E-state index contributed by atoms with van der Waals surface area (Å²) in [5, 5.41) is 9.14. The third kappa shape index (κ3) is 3.39. The highest BCUT2D eigenvalue weighted by Crippen LogP contribution is 2.32. The maximum absolute atomic E-state index is 12.7. The van der Waals surface area contributed by atoms with Crippen molar-refractivity contribution in [1.29, 1.82) is 0 Å². The van der Waals surface area contributed by atoms with Gasteiger partial charge in [0.05, 0.1) is 13.7 Å². The second kappa shape index (κ2) is 6.77. The number of ether oxygens (including phenoxy) is 1. The number of hydrogen-bond donors (Lipinski definition) is 1. The zero-order valence-corrected chi connectivity index (χ0v) is 13.4. The molecule has 1 N–H and O–H groups in total. The molecular weight excluding hydrogens is 290 g/mol. The molecule has 1 unspecified atom stereocenters. The Morgan fingerprint density at radius 1 is 1.43 bits per heavy atom. The number of nitrogens with zero attached hydrogens (tertiary/aromatic N) is 1. The van der Waals surface area contributed by atoms with Crippen LogP contribution in [0.25, 0.3) is 0 Å². The summed E-state index contributed by atoms with van der Waals surface area (Å²) in [4.78, 5) is 0.180. The van der Waals surface area contributed by atoms with Crippen LogP contribution in [0.5, 0.6) is 5.75 Å². The molecule has 0 bridgehead atoms. The standard InChI is InChI=1S/C15H23NO4S/c1-3-4-12-7-8-16(10-12)21(18,19)15-6-5-13(11-17)9-14(15)20-2/h5-6,9,12,17H,3-4,7-8,10-11H2,1-2H3. The zero-order valence-electron chi connectivity index (χ0n) is 12.6. The summed E-state index contributed by atoms with van der Waals surface area (Å²) in [5.41, 5.74) is 0.635. The van der Waals surface area contributed by atoms with Crippen LogP contribution in [0.1, 0.15) is 31.7 Å². The Labute approximate surface area is 126 Å². The number of aliphatic hydroxyl groups is 1. The Kier molecular flexibility index (Phi) is 5.24. The van der Waals surface area contributed by atoms with Gasteiger partial charge >= 0.3 is 0 Å². The van der Waals surface area contributed by atoms with Gasteiger partial charge in [-0.3, -0.25) is 0 Å². The van der Waals surface area contributed by atoms with E-state index in [9.17, 15) is 8.42 Å². The number of benzene rings is 1. The molecule has 1 aromatic carbocycles. The first-order valence-corrected chi connectivity index (χ1v) is 8.74. The summed E-state index contributed by atoms with van der Waals surface area (Å²) >= 11 is 0. The highest BCUT2D eigenvalue weighted by molar-refractivity contribution is 7.89. The Morgan fingerprint density at radius 2 is 2.19 bits per heavy atom. The van der Waals surface area contributed by atoms with Crippen LogP contribution in [0.2, 0.25) is 0 Å². The van der Waals surface area contributed by atoms with Crippen LogP contribution in [0.4, 0.5) is 0 Å². The number of sulfonamides is 1. The summed E-state index contributed by atoms with van der Waals surface area (Å²) in [6.07, 6.45) is 3.06. The van der Waals surface area contributed by atoms with E-state index >= 15 is 0 Å². The molecule has 118 valence electrons. The van der Waals surface area contributed by atoms with Gasteiger partial charge in [0.1, 0.15) is 10.6 Å². The van der Waals surface area contributed by atoms with Crippen LogP contribution >= 0.6 is 0 Å². The second-order valence-corrected chi connectivity index (χ2v) is 7.36. The van der Waals surface area contributed by atoms with Gasteiger partial charge in [-0.15, -0.1) is 0 Å². The average Bonchev–Trinajstić information content (AvgIpc) is 2.96. The lowest BCUT2D eigenvalue weighted by molar-refractivity contribution is 0.280. The van der Waals surface area contributed by atoms with E-state index in [4.69, 9.17) is 9.84 Å². The molecule has 1 heterocycles. The molecule has 0 spiro atoms. The van der Waals surface area contributed by atoms with Crippen molar-refractivity contribution < 1.29 is 18.3 Å². The highest BCUT2D eigenvalue weighted by Gasteiger charge is 2.33. The average molecular weight is 313 g/mol. The Balaban J connectivity index is 2.28. The Bertz CT molecular complexity index is 585. The molecule has 0 radical (unpaired) electrons. The first-order valence-electron chi connectivity index (χ1n) is 7.30. The molecule has 1 saturated heterocycles. The molecule has 1 aliphatic rings. The van der Waals surface area contributed by atoms with Crippen molar-refractivity contribution in [2.75, 3.05) is 20.2 Å². The van der Waals surface area contributed by atoms with Gasteiger partial charge in [0.25, 0.3) is 0 Å². The predicted octanol–water partition coefficient (Wildman–Crippen LogP) is 2.00. The molecule has 5 nitrogen and oxygen atoms in total. The fraction of sp³-hybridized carbons (Fsp3) is 0.600. The van der Waals surface area contributed by atoms with E-state index in [0.717, 1.165) is 19.3 Å². The van der Waals surface area contributed by atoms with Crippen molar-refractivity contribution >= 4 is 10.0 Å². The molecule has 0 aliphatic carbocycles. The molecular formula is C15H23NO4S. The van der Waals surface area contributed by atoms with Crippen LogP contribution < -0.4 is 4.74 Å². The lowest BCUT2D eigenvalue weighted by Gasteiger charge is -2.18. The van der Waals surface area contributed by atoms with E-state index in [1.54, 1.807) is 16.4 Å². The van der Waals surface area contributed by atoms with Gasteiger partial charge in [-0.1, -0.05) is 19.4 Å².